The van der Waals surface area contributed by atoms with Crippen molar-refractivity contribution in [3.8, 4) is 11.3 Å². The number of fused-ring (bicyclic) bond motifs is 1. The van der Waals surface area contributed by atoms with Crippen molar-refractivity contribution >= 4 is 17.0 Å². The molecule has 2 N–H and O–H groups in total. The molecule has 7 nitrogen and oxygen atoms in total. The number of hydrogen-bond acceptors (Lipinski definition) is 5. The molecule has 3 aromatic heterocycles. The number of hydrogen-bond donors (Lipinski definition) is 2. The second-order valence-electron chi connectivity index (χ2n) is 6.27. The van der Waals surface area contributed by atoms with E-state index in [1.165, 1.54) is 12.8 Å². The molecule has 0 aromatic carbocycles. The maximum atomic E-state index is 12.8. The largest absolute Gasteiger partial charge is 0.354 e. The topological polar surface area (TPSA) is 88.5 Å². The van der Waals surface area contributed by atoms with Gasteiger partial charge in [-0.3, -0.25) is 14.5 Å². The number of anilines is 1. The first-order valence-electron chi connectivity index (χ1n) is 8.33. The lowest BCUT2D eigenvalue weighted by Crippen LogP contribution is -2.23. The number of nitrogens with one attached hydrogen (secondary N) is 2. The lowest BCUT2D eigenvalue weighted by Gasteiger charge is -2.13. The van der Waals surface area contributed by atoms with Crippen molar-refractivity contribution in [2.24, 2.45) is 5.92 Å². The van der Waals surface area contributed by atoms with Gasteiger partial charge in [-0.25, -0.2) is 4.98 Å². The minimum Gasteiger partial charge on any atom is -0.354 e. The van der Waals surface area contributed by atoms with E-state index in [0.29, 0.717) is 29.4 Å². The highest BCUT2D eigenvalue weighted by Gasteiger charge is 2.21. The van der Waals surface area contributed by atoms with Gasteiger partial charge in [0.1, 0.15) is 5.65 Å². The van der Waals surface area contributed by atoms with Gasteiger partial charge in [-0.2, -0.15) is 10.1 Å². The fraction of sp³-hybridized carbons (Fsp3) is 0.412. The van der Waals surface area contributed by atoms with Gasteiger partial charge >= 0.3 is 0 Å². The molecule has 24 heavy (non-hydrogen) atoms. The summed E-state index contributed by atoms with van der Waals surface area (Å²) in [4.78, 5) is 22.0. The fourth-order valence-corrected chi connectivity index (χ4v) is 2.92. The van der Waals surface area contributed by atoms with E-state index < -0.39 is 0 Å². The molecule has 124 valence electrons. The zero-order valence-corrected chi connectivity index (χ0v) is 13.8. The van der Waals surface area contributed by atoms with Gasteiger partial charge in [0, 0.05) is 24.7 Å². The summed E-state index contributed by atoms with van der Waals surface area (Å²) in [5.74, 6) is 1.34. The van der Waals surface area contributed by atoms with Gasteiger partial charge in [-0.05, 0) is 44.7 Å². The van der Waals surface area contributed by atoms with E-state index in [0.717, 1.165) is 23.5 Å². The van der Waals surface area contributed by atoms with Crippen LogP contribution in [0.25, 0.3) is 22.3 Å². The molecular formula is C17H20N6O. The standard InChI is InChI=1S/C17H20N6O/c1-3-23-15-12(8-13(16(23)24)14-6-7-19-22-14)10(2)20-17(21-15)18-9-11-4-5-11/h6-8,11H,3-5,9H2,1-2H3,(H,19,22)(H,18,20,21). The number of H-pyrrole nitrogens is 1. The zero-order chi connectivity index (χ0) is 16.7. The van der Waals surface area contributed by atoms with Gasteiger partial charge in [0.25, 0.3) is 5.56 Å². The summed E-state index contributed by atoms with van der Waals surface area (Å²) in [6, 6.07) is 3.65. The van der Waals surface area contributed by atoms with Gasteiger partial charge in [0.15, 0.2) is 0 Å². The molecule has 0 amide bonds. The molecule has 0 saturated heterocycles. The Labute approximate surface area is 139 Å². The predicted molar refractivity (Wildman–Crippen MR) is 93.0 cm³/mol. The number of aromatic amines is 1. The van der Waals surface area contributed by atoms with Crippen LogP contribution in [0, 0.1) is 12.8 Å². The van der Waals surface area contributed by atoms with Gasteiger partial charge < -0.3 is 5.32 Å². The van der Waals surface area contributed by atoms with Crippen molar-refractivity contribution in [3.63, 3.8) is 0 Å². The predicted octanol–water partition coefficient (Wildman–Crippen LogP) is 2.33. The van der Waals surface area contributed by atoms with Crippen molar-refractivity contribution in [3.05, 3.63) is 34.4 Å². The number of aryl methyl sites for hydroxylation is 2. The second kappa shape index (κ2) is 5.74. The Morgan fingerprint density at radius 2 is 2.21 bits per heavy atom. The van der Waals surface area contributed by atoms with Crippen LogP contribution in [0.3, 0.4) is 0 Å². The minimum atomic E-state index is -0.0690. The van der Waals surface area contributed by atoms with E-state index in [2.05, 4.69) is 25.5 Å². The quantitative estimate of drug-likeness (QED) is 0.752. The molecule has 3 heterocycles. The molecule has 0 unspecified atom stereocenters. The summed E-state index contributed by atoms with van der Waals surface area (Å²) in [7, 11) is 0. The molecule has 0 atom stereocenters. The van der Waals surface area contributed by atoms with E-state index in [4.69, 9.17) is 0 Å². The molecule has 1 fully saturated rings. The Morgan fingerprint density at radius 3 is 2.88 bits per heavy atom. The van der Waals surface area contributed by atoms with Gasteiger partial charge in [-0.15, -0.1) is 0 Å². The Bertz CT molecular complexity index is 940. The van der Waals surface area contributed by atoms with Gasteiger partial charge in [-0.1, -0.05) is 0 Å². The Balaban J connectivity index is 1.88. The Kier molecular flexibility index (Phi) is 3.55. The Hall–Kier alpha value is -2.70. The van der Waals surface area contributed by atoms with Crippen molar-refractivity contribution in [2.75, 3.05) is 11.9 Å². The first kappa shape index (κ1) is 14.9. The smallest absolute Gasteiger partial charge is 0.261 e. The van der Waals surface area contributed by atoms with Crippen LogP contribution < -0.4 is 10.9 Å². The summed E-state index contributed by atoms with van der Waals surface area (Å²) in [5, 5.41) is 11.0. The highest BCUT2D eigenvalue weighted by molar-refractivity contribution is 5.83. The van der Waals surface area contributed by atoms with Crippen LogP contribution in [0.2, 0.25) is 0 Å². The first-order valence-corrected chi connectivity index (χ1v) is 8.33. The highest BCUT2D eigenvalue weighted by Crippen LogP contribution is 2.29. The van der Waals surface area contributed by atoms with Crippen LogP contribution in [-0.2, 0) is 6.54 Å². The first-order chi connectivity index (χ1) is 11.7. The third-order valence-corrected chi connectivity index (χ3v) is 4.49. The maximum absolute atomic E-state index is 12.8. The minimum absolute atomic E-state index is 0.0690. The van der Waals surface area contributed by atoms with Crippen molar-refractivity contribution in [2.45, 2.75) is 33.2 Å². The third kappa shape index (κ3) is 2.55. The Morgan fingerprint density at radius 1 is 1.38 bits per heavy atom. The normalized spacial score (nSPS) is 14.2. The van der Waals surface area contributed by atoms with Crippen LogP contribution in [0.4, 0.5) is 5.95 Å². The fourth-order valence-electron chi connectivity index (χ4n) is 2.92. The second-order valence-corrected chi connectivity index (χ2v) is 6.27. The van der Waals surface area contributed by atoms with Crippen LogP contribution in [0.1, 0.15) is 25.5 Å². The maximum Gasteiger partial charge on any atom is 0.261 e. The van der Waals surface area contributed by atoms with Gasteiger partial charge in [0.2, 0.25) is 5.95 Å². The SMILES string of the molecule is CCn1c(=O)c(-c2ccn[nH]2)cc2c(C)nc(NCC3CC3)nc21. The molecule has 0 aliphatic heterocycles. The van der Waals surface area contributed by atoms with Crippen molar-refractivity contribution in [1.29, 1.82) is 0 Å². The molecule has 1 saturated carbocycles. The monoisotopic (exact) mass is 324 g/mol. The van der Waals surface area contributed by atoms with Crippen LogP contribution in [0.5, 0.6) is 0 Å². The van der Waals surface area contributed by atoms with Crippen LogP contribution >= 0.6 is 0 Å². The summed E-state index contributed by atoms with van der Waals surface area (Å²) < 4.78 is 1.70. The lowest BCUT2D eigenvalue weighted by molar-refractivity contribution is 0.748. The molecule has 0 bridgehead atoms. The molecule has 1 aliphatic carbocycles. The van der Waals surface area contributed by atoms with E-state index in [9.17, 15) is 4.79 Å². The average molecular weight is 324 g/mol. The van der Waals surface area contributed by atoms with E-state index in [1.807, 2.05) is 19.9 Å². The van der Waals surface area contributed by atoms with E-state index in [-0.39, 0.29) is 5.56 Å². The average Bonchev–Trinajstić information content (AvgIpc) is 3.25. The molecule has 0 spiro atoms. The lowest BCUT2D eigenvalue weighted by atomic mass is 10.1. The highest BCUT2D eigenvalue weighted by atomic mass is 16.1. The molecule has 0 radical (unpaired) electrons. The number of aromatic nitrogens is 5. The van der Waals surface area contributed by atoms with E-state index >= 15 is 0 Å². The molecule has 3 aromatic rings. The summed E-state index contributed by atoms with van der Waals surface area (Å²) in [6.45, 7) is 5.35. The van der Waals surface area contributed by atoms with Gasteiger partial charge in [0.05, 0.1) is 17.0 Å². The summed E-state index contributed by atoms with van der Waals surface area (Å²) in [6.07, 6.45) is 4.18. The number of pyridine rings is 1. The molecule has 7 heteroatoms. The molecule has 4 rings (SSSR count). The van der Waals surface area contributed by atoms with Crippen molar-refractivity contribution < 1.29 is 0 Å². The summed E-state index contributed by atoms with van der Waals surface area (Å²) >= 11 is 0. The van der Waals surface area contributed by atoms with Crippen LogP contribution in [0.15, 0.2) is 23.1 Å². The van der Waals surface area contributed by atoms with Crippen molar-refractivity contribution in [1.82, 2.24) is 24.7 Å². The molecular weight excluding hydrogens is 304 g/mol. The van der Waals surface area contributed by atoms with Crippen LogP contribution in [-0.4, -0.2) is 31.3 Å². The number of nitrogens with zero attached hydrogens (tertiary/aromatic N) is 4. The third-order valence-electron chi connectivity index (χ3n) is 4.49. The van der Waals surface area contributed by atoms with E-state index in [1.54, 1.807) is 16.8 Å². The zero-order valence-electron chi connectivity index (χ0n) is 13.8. The summed E-state index contributed by atoms with van der Waals surface area (Å²) in [5.41, 5.74) is 2.77. The molecule has 1 aliphatic rings. The number of rotatable bonds is 5.